The molecule has 0 unspecified atom stereocenters. The van der Waals surface area contributed by atoms with Crippen LogP contribution in [0.3, 0.4) is 0 Å². The van der Waals surface area contributed by atoms with Crippen LogP contribution in [0.25, 0.3) is 5.69 Å². The Morgan fingerprint density at radius 2 is 1.93 bits per heavy atom. The minimum Gasteiger partial charge on any atom is -0.493 e. The molecule has 0 fully saturated rings. The molecule has 0 atom stereocenters. The maximum atomic E-state index is 5.23. The quantitative estimate of drug-likeness (QED) is 0.762. The summed E-state index contributed by atoms with van der Waals surface area (Å²) in [6, 6.07) is 10.6. The van der Waals surface area contributed by atoms with Gasteiger partial charge in [-0.15, -0.1) is 0 Å². The Hall–Kier alpha value is -1.90. The summed E-state index contributed by atoms with van der Waals surface area (Å²) in [6.45, 7) is 0. The summed E-state index contributed by atoms with van der Waals surface area (Å²) in [6.07, 6.45) is 3.79. The molecule has 1 aromatic carbocycles. The van der Waals surface area contributed by atoms with E-state index in [9.17, 15) is 0 Å². The molecule has 3 heteroatoms. The molecule has 0 aliphatic rings. The normalized spacial score (nSPS) is 10.0. The van der Waals surface area contributed by atoms with Gasteiger partial charge in [0.2, 0.25) is 0 Å². The lowest BCUT2D eigenvalue weighted by molar-refractivity contribution is 0.355. The van der Waals surface area contributed by atoms with Crippen LogP contribution in [0.4, 0.5) is 0 Å². The zero-order chi connectivity index (χ0) is 10.7. The van der Waals surface area contributed by atoms with Crippen molar-refractivity contribution < 1.29 is 9.47 Å². The van der Waals surface area contributed by atoms with Crippen molar-refractivity contribution in [3.05, 3.63) is 42.7 Å². The van der Waals surface area contributed by atoms with E-state index >= 15 is 0 Å². The second-order valence-electron chi connectivity index (χ2n) is 3.06. The number of aromatic nitrogens is 1. The third-order valence-electron chi connectivity index (χ3n) is 2.21. The van der Waals surface area contributed by atoms with Crippen LogP contribution >= 0.6 is 0 Å². The molecule has 1 radical (unpaired) electrons. The Bertz CT molecular complexity index is 435. The van der Waals surface area contributed by atoms with Gasteiger partial charge in [0.25, 0.3) is 0 Å². The molecule has 1 aromatic heterocycles. The average Bonchev–Trinajstić information content (AvgIpc) is 2.81. The van der Waals surface area contributed by atoms with Crippen molar-refractivity contribution >= 4 is 0 Å². The van der Waals surface area contributed by atoms with Crippen molar-refractivity contribution in [3.63, 3.8) is 0 Å². The van der Waals surface area contributed by atoms with Gasteiger partial charge in [-0.1, -0.05) is 0 Å². The largest absolute Gasteiger partial charge is 0.493 e. The number of ether oxygens (including phenoxy) is 2. The molecule has 2 aromatic rings. The maximum absolute atomic E-state index is 5.23. The maximum Gasteiger partial charge on any atom is 0.162 e. The highest BCUT2D eigenvalue weighted by atomic mass is 16.5. The predicted molar refractivity (Wildman–Crippen MR) is 57.7 cm³/mol. The fourth-order valence-corrected chi connectivity index (χ4v) is 1.44. The van der Waals surface area contributed by atoms with Crippen LogP contribution in [-0.4, -0.2) is 18.8 Å². The number of nitrogens with zero attached hydrogens (tertiary/aromatic N) is 1. The third kappa shape index (κ3) is 1.81. The Kier molecular flexibility index (Phi) is 2.63. The molecular formula is C12H12NO2. The molecule has 2 rings (SSSR count). The summed E-state index contributed by atoms with van der Waals surface area (Å²) >= 11 is 0. The predicted octanol–water partition coefficient (Wildman–Crippen LogP) is 2.29. The SMILES string of the molecule is COc1ccc(-n2c[c]cc2)cc1OC. The molecule has 0 spiro atoms. The van der Waals surface area contributed by atoms with Gasteiger partial charge in [0, 0.05) is 30.2 Å². The Morgan fingerprint density at radius 3 is 2.53 bits per heavy atom. The highest BCUT2D eigenvalue weighted by molar-refractivity contribution is 5.48. The molecule has 0 saturated heterocycles. The lowest BCUT2D eigenvalue weighted by Gasteiger charge is -2.09. The Morgan fingerprint density at radius 1 is 1.13 bits per heavy atom. The number of benzene rings is 1. The standard InChI is InChI=1S/C12H12NO2/c1-14-11-6-5-10(9-12(11)15-2)13-7-3-4-8-13/h3,5-9H,1-2H3. The van der Waals surface area contributed by atoms with Crippen molar-refractivity contribution in [2.75, 3.05) is 14.2 Å². The van der Waals surface area contributed by atoms with Gasteiger partial charge < -0.3 is 14.0 Å². The van der Waals surface area contributed by atoms with Gasteiger partial charge >= 0.3 is 0 Å². The van der Waals surface area contributed by atoms with Crippen molar-refractivity contribution in [2.45, 2.75) is 0 Å². The fraction of sp³-hybridized carbons (Fsp3) is 0.167. The van der Waals surface area contributed by atoms with Crippen molar-refractivity contribution in [2.24, 2.45) is 0 Å². The molecule has 0 saturated carbocycles. The van der Waals surface area contributed by atoms with E-state index in [1.165, 1.54) is 0 Å². The van der Waals surface area contributed by atoms with Crippen molar-refractivity contribution in [3.8, 4) is 17.2 Å². The molecule has 15 heavy (non-hydrogen) atoms. The number of hydrogen-bond donors (Lipinski definition) is 0. The van der Waals surface area contributed by atoms with Gasteiger partial charge in [0.05, 0.1) is 14.2 Å². The molecule has 3 nitrogen and oxygen atoms in total. The zero-order valence-electron chi connectivity index (χ0n) is 8.73. The third-order valence-corrected chi connectivity index (χ3v) is 2.21. The van der Waals surface area contributed by atoms with E-state index in [1.807, 2.05) is 41.2 Å². The van der Waals surface area contributed by atoms with Gasteiger partial charge in [-0.2, -0.15) is 0 Å². The summed E-state index contributed by atoms with van der Waals surface area (Å²) in [5.74, 6) is 1.46. The van der Waals surface area contributed by atoms with Crippen LogP contribution in [0.2, 0.25) is 0 Å². The lowest BCUT2D eigenvalue weighted by atomic mass is 10.2. The summed E-state index contributed by atoms with van der Waals surface area (Å²) < 4.78 is 12.4. The van der Waals surface area contributed by atoms with Gasteiger partial charge in [0.15, 0.2) is 11.5 Å². The van der Waals surface area contributed by atoms with Crippen LogP contribution in [-0.2, 0) is 0 Å². The van der Waals surface area contributed by atoms with Crippen LogP contribution < -0.4 is 9.47 Å². The molecule has 1 heterocycles. The smallest absolute Gasteiger partial charge is 0.162 e. The van der Waals surface area contributed by atoms with Crippen LogP contribution in [0, 0.1) is 6.07 Å². The van der Waals surface area contributed by atoms with Crippen molar-refractivity contribution in [1.29, 1.82) is 0 Å². The topological polar surface area (TPSA) is 23.4 Å². The summed E-state index contributed by atoms with van der Waals surface area (Å²) in [5.41, 5.74) is 1.02. The highest BCUT2D eigenvalue weighted by Crippen LogP contribution is 2.28. The summed E-state index contributed by atoms with van der Waals surface area (Å²) in [4.78, 5) is 0. The van der Waals surface area contributed by atoms with E-state index in [4.69, 9.17) is 9.47 Å². The average molecular weight is 202 g/mol. The monoisotopic (exact) mass is 202 g/mol. The molecule has 0 N–H and O–H groups in total. The first-order valence-electron chi connectivity index (χ1n) is 4.61. The Balaban J connectivity index is 2.43. The molecule has 0 aliphatic heterocycles. The van der Waals surface area contributed by atoms with Crippen LogP contribution in [0.15, 0.2) is 36.7 Å². The fourth-order valence-electron chi connectivity index (χ4n) is 1.44. The van der Waals surface area contributed by atoms with Crippen LogP contribution in [0.1, 0.15) is 0 Å². The van der Waals surface area contributed by atoms with E-state index in [2.05, 4.69) is 6.07 Å². The number of rotatable bonds is 3. The summed E-state index contributed by atoms with van der Waals surface area (Å²) in [7, 11) is 3.25. The van der Waals surface area contributed by atoms with Crippen LogP contribution in [0.5, 0.6) is 11.5 Å². The highest BCUT2D eigenvalue weighted by Gasteiger charge is 2.04. The second-order valence-corrected chi connectivity index (χ2v) is 3.06. The lowest BCUT2D eigenvalue weighted by Crippen LogP contribution is -1.94. The minimum atomic E-state index is 0.726. The van der Waals surface area contributed by atoms with E-state index in [-0.39, 0.29) is 0 Å². The van der Waals surface area contributed by atoms with Crippen molar-refractivity contribution in [1.82, 2.24) is 4.57 Å². The zero-order valence-corrected chi connectivity index (χ0v) is 8.73. The van der Waals surface area contributed by atoms with E-state index in [0.29, 0.717) is 0 Å². The van der Waals surface area contributed by atoms with E-state index < -0.39 is 0 Å². The molecule has 0 bridgehead atoms. The Labute approximate surface area is 88.9 Å². The number of methoxy groups -OCH3 is 2. The second kappa shape index (κ2) is 4.09. The molecule has 0 aliphatic carbocycles. The molecule has 0 amide bonds. The minimum absolute atomic E-state index is 0.726. The molecule has 77 valence electrons. The first-order chi connectivity index (χ1) is 7.35. The van der Waals surface area contributed by atoms with Gasteiger partial charge in [-0.25, -0.2) is 0 Å². The van der Waals surface area contributed by atoms with E-state index in [0.717, 1.165) is 17.2 Å². The first-order valence-corrected chi connectivity index (χ1v) is 4.61. The number of hydrogen-bond acceptors (Lipinski definition) is 2. The summed E-state index contributed by atoms with van der Waals surface area (Å²) in [5, 5.41) is 0. The first kappa shape index (κ1) is 9.65. The molecular weight excluding hydrogens is 190 g/mol. The van der Waals surface area contributed by atoms with E-state index in [1.54, 1.807) is 14.2 Å². The van der Waals surface area contributed by atoms with Gasteiger partial charge in [0.1, 0.15) is 0 Å². The van der Waals surface area contributed by atoms with Gasteiger partial charge in [-0.3, -0.25) is 0 Å². The van der Waals surface area contributed by atoms with Gasteiger partial charge in [-0.05, 0) is 18.2 Å².